The van der Waals surface area contributed by atoms with Gasteiger partial charge in [0.05, 0.1) is 31.8 Å². The zero-order chi connectivity index (χ0) is 29.1. The number of rotatable bonds is 9. The van der Waals surface area contributed by atoms with E-state index in [9.17, 15) is 19.2 Å². The summed E-state index contributed by atoms with van der Waals surface area (Å²) in [5, 5.41) is 0. The van der Waals surface area contributed by atoms with E-state index in [1.807, 2.05) is 54.5 Å². The number of amides is 1. The first-order valence-electron chi connectivity index (χ1n) is 13.7. The molecule has 0 spiro atoms. The average molecular weight is 540 g/mol. The van der Waals surface area contributed by atoms with E-state index in [-0.39, 0.29) is 42.0 Å². The number of methoxy groups -OCH3 is 2. The Hall–Kier alpha value is -2.58. The Morgan fingerprint density at radius 3 is 2.05 bits per heavy atom. The van der Waals surface area contributed by atoms with Gasteiger partial charge in [-0.05, 0) is 73.6 Å². The number of carbonyl (C=O) groups excluding carboxylic acids is 4. The fraction of sp³-hybridized carbons (Fsp3) is 0.793. The minimum Gasteiger partial charge on any atom is -0.469 e. The lowest BCUT2D eigenvalue weighted by Crippen LogP contribution is -2.47. The van der Waals surface area contributed by atoms with E-state index in [4.69, 9.17) is 14.2 Å². The third kappa shape index (κ3) is 11.9. The second-order valence-corrected chi connectivity index (χ2v) is 12.0. The molecular formula is C29H49NO8. The molecule has 0 N–H and O–H groups in total. The monoisotopic (exact) mass is 539 g/mol. The summed E-state index contributed by atoms with van der Waals surface area (Å²) < 4.78 is 20.1. The highest BCUT2D eigenvalue weighted by Crippen LogP contribution is 2.37. The summed E-state index contributed by atoms with van der Waals surface area (Å²) in [7, 11) is 2.78. The van der Waals surface area contributed by atoms with Crippen molar-refractivity contribution in [3.05, 3.63) is 11.6 Å². The van der Waals surface area contributed by atoms with Gasteiger partial charge < -0.3 is 18.9 Å². The normalized spacial score (nSPS) is 19.4. The number of esters is 3. The first-order valence-corrected chi connectivity index (χ1v) is 13.7. The van der Waals surface area contributed by atoms with Crippen LogP contribution in [-0.4, -0.2) is 66.4 Å². The van der Waals surface area contributed by atoms with Crippen molar-refractivity contribution < 1.29 is 38.1 Å². The Balaban J connectivity index is 0.000000380. The molecule has 38 heavy (non-hydrogen) atoms. The second kappa shape index (κ2) is 15.1. The van der Waals surface area contributed by atoms with E-state index in [1.165, 1.54) is 14.2 Å². The quantitative estimate of drug-likeness (QED) is 0.207. The van der Waals surface area contributed by atoms with Gasteiger partial charge in [0.25, 0.3) is 0 Å². The maximum absolute atomic E-state index is 12.3. The molecule has 0 aromatic heterocycles. The molecule has 1 saturated heterocycles. The topological polar surface area (TPSA) is 108 Å². The number of fused-ring (bicyclic) bond motifs is 2. The summed E-state index contributed by atoms with van der Waals surface area (Å²) in [6.07, 6.45) is 9.14. The lowest BCUT2D eigenvalue weighted by molar-refractivity contribution is -0.155. The molecule has 2 rings (SSSR count). The van der Waals surface area contributed by atoms with Crippen molar-refractivity contribution in [1.29, 1.82) is 0 Å². The van der Waals surface area contributed by atoms with Crippen LogP contribution < -0.4 is 0 Å². The molecule has 3 unspecified atom stereocenters. The van der Waals surface area contributed by atoms with Gasteiger partial charge in [-0.3, -0.25) is 14.5 Å². The Morgan fingerprint density at radius 1 is 0.895 bits per heavy atom. The van der Waals surface area contributed by atoms with Crippen LogP contribution in [0.1, 0.15) is 106 Å². The second-order valence-electron chi connectivity index (χ2n) is 12.0. The molecular weight excluding hydrogens is 490 g/mol. The molecule has 0 saturated carbocycles. The van der Waals surface area contributed by atoms with Crippen LogP contribution in [0.15, 0.2) is 11.6 Å². The molecule has 1 fully saturated rings. The summed E-state index contributed by atoms with van der Waals surface area (Å²) in [6, 6.07) is -0.0469. The van der Waals surface area contributed by atoms with Gasteiger partial charge in [0.2, 0.25) is 0 Å². The van der Waals surface area contributed by atoms with Gasteiger partial charge in [-0.15, -0.1) is 0 Å². The smallest absolute Gasteiger partial charge is 0.411 e. The number of ether oxygens (including phenoxy) is 4. The fourth-order valence-corrected chi connectivity index (χ4v) is 4.53. The van der Waals surface area contributed by atoms with Gasteiger partial charge in [0.1, 0.15) is 11.2 Å². The molecule has 2 bridgehead atoms. The summed E-state index contributed by atoms with van der Waals surface area (Å²) >= 11 is 0. The fourth-order valence-electron chi connectivity index (χ4n) is 4.53. The maximum Gasteiger partial charge on any atom is 0.411 e. The molecule has 0 aromatic carbocycles. The minimum absolute atomic E-state index is 0.0316. The van der Waals surface area contributed by atoms with E-state index in [0.29, 0.717) is 18.4 Å². The van der Waals surface area contributed by atoms with Crippen molar-refractivity contribution in [1.82, 2.24) is 4.90 Å². The van der Waals surface area contributed by atoms with Gasteiger partial charge >= 0.3 is 24.0 Å². The Kier molecular flexibility index (Phi) is 13.3. The van der Waals surface area contributed by atoms with Crippen LogP contribution >= 0.6 is 0 Å². The van der Waals surface area contributed by atoms with Crippen LogP contribution in [0.3, 0.4) is 0 Å². The van der Waals surface area contributed by atoms with Crippen molar-refractivity contribution >= 4 is 24.0 Å². The van der Waals surface area contributed by atoms with Crippen LogP contribution in [0.25, 0.3) is 0 Å². The summed E-state index contributed by atoms with van der Waals surface area (Å²) in [5.74, 6) is -0.654. The van der Waals surface area contributed by atoms with Crippen molar-refractivity contribution in [3.8, 4) is 0 Å². The van der Waals surface area contributed by atoms with Crippen molar-refractivity contribution in [2.24, 2.45) is 5.92 Å². The molecule has 0 aromatic rings. The van der Waals surface area contributed by atoms with Crippen LogP contribution in [-0.2, 0) is 33.3 Å². The Bertz CT molecular complexity index is 836. The first-order chi connectivity index (χ1) is 17.6. The molecule has 0 aliphatic carbocycles. The van der Waals surface area contributed by atoms with Gasteiger partial charge in [0.15, 0.2) is 0 Å². The molecule has 9 heteroatoms. The van der Waals surface area contributed by atoms with Gasteiger partial charge in [-0.25, -0.2) is 9.59 Å². The zero-order valence-corrected chi connectivity index (χ0v) is 24.9. The molecule has 2 aliphatic heterocycles. The number of hydrogen-bond donors (Lipinski definition) is 0. The highest BCUT2D eigenvalue weighted by molar-refractivity contribution is 5.91. The molecule has 218 valence electrons. The molecule has 1 amide bonds. The number of carbonyl (C=O) groups is 4. The highest BCUT2D eigenvalue weighted by Gasteiger charge is 2.45. The lowest BCUT2D eigenvalue weighted by Gasteiger charge is -2.35. The molecule has 2 aliphatic rings. The van der Waals surface area contributed by atoms with Crippen LogP contribution in [0.2, 0.25) is 0 Å². The average Bonchev–Trinajstić information content (AvgIpc) is 3.11. The Morgan fingerprint density at radius 2 is 1.50 bits per heavy atom. The lowest BCUT2D eigenvalue weighted by atomic mass is 10.0. The van der Waals surface area contributed by atoms with Crippen LogP contribution in [0.5, 0.6) is 0 Å². The maximum atomic E-state index is 12.3. The Labute approximate surface area is 228 Å². The van der Waals surface area contributed by atoms with E-state index in [2.05, 4.69) is 4.74 Å². The zero-order valence-electron chi connectivity index (χ0n) is 24.9. The van der Waals surface area contributed by atoms with Crippen molar-refractivity contribution in [2.45, 2.75) is 130 Å². The van der Waals surface area contributed by atoms with E-state index in [0.717, 1.165) is 44.9 Å². The molecule has 0 radical (unpaired) electrons. The van der Waals surface area contributed by atoms with Gasteiger partial charge in [-0.2, -0.15) is 0 Å². The minimum atomic E-state index is -0.525. The summed E-state index contributed by atoms with van der Waals surface area (Å²) in [6.45, 7) is 13.0. The van der Waals surface area contributed by atoms with Gasteiger partial charge in [0, 0.05) is 12.5 Å². The van der Waals surface area contributed by atoms with Gasteiger partial charge in [-0.1, -0.05) is 32.3 Å². The number of unbranched alkanes of at least 4 members (excludes halogenated alkanes) is 3. The van der Waals surface area contributed by atoms with E-state index in [1.54, 1.807) is 4.90 Å². The predicted octanol–water partition coefficient (Wildman–Crippen LogP) is 5.74. The van der Waals surface area contributed by atoms with Crippen LogP contribution in [0.4, 0.5) is 4.79 Å². The van der Waals surface area contributed by atoms with E-state index >= 15 is 0 Å². The number of nitrogens with zero attached hydrogens (tertiary/aromatic N) is 1. The van der Waals surface area contributed by atoms with Crippen molar-refractivity contribution in [3.63, 3.8) is 0 Å². The third-order valence-electron chi connectivity index (χ3n) is 6.29. The first kappa shape index (κ1) is 33.4. The summed E-state index contributed by atoms with van der Waals surface area (Å²) in [4.78, 5) is 48.3. The highest BCUT2D eigenvalue weighted by atomic mass is 16.6. The van der Waals surface area contributed by atoms with Crippen LogP contribution in [0, 0.1) is 5.92 Å². The SMILES string of the molecule is COC(=O)C(C)CCCCCCC(=O)OC(C)(C)C.COC(=O)C1=CCC2CCC1N2C(=O)OC(C)(C)C. The standard InChI is InChI=1S/C15H28O4.C14H21NO4/c1-12(14(17)18-5)10-8-6-7-9-11-13(16)19-15(2,3)4;1-14(2,3)19-13(17)15-9-5-7-10(12(16)18-4)11(15)8-6-9/h12H,6-11H2,1-5H3;7,9,11H,5-6,8H2,1-4H3. The summed E-state index contributed by atoms with van der Waals surface area (Å²) in [5.41, 5.74) is -0.335. The third-order valence-corrected chi connectivity index (χ3v) is 6.29. The molecule has 9 nitrogen and oxygen atoms in total. The largest absolute Gasteiger partial charge is 0.469 e. The predicted molar refractivity (Wildman–Crippen MR) is 144 cm³/mol. The molecule has 3 atom stereocenters. The number of hydrogen-bond acceptors (Lipinski definition) is 8. The van der Waals surface area contributed by atoms with Crippen molar-refractivity contribution in [2.75, 3.05) is 14.2 Å². The molecule has 2 heterocycles. The van der Waals surface area contributed by atoms with E-state index < -0.39 is 11.2 Å².